The first-order valence-electron chi connectivity index (χ1n) is 8.89. The smallest absolute Gasteiger partial charge is 0.258 e. The first kappa shape index (κ1) is 20.3. The SMILES string of the molecule is Cc1ccc(OCC(=O)NCCNC(=O)c2ccc(N(C)C)cc2)cc1C. The lowest BCUT2D eigenvalue weighted by Crippen LogP contribution is -2.36. The monoisotopic (exact) mass is 369 g/mol. The zero-order valence-electron chi connectivity index (χ0n) is 16.3. The average Bonchev–Trinajstić information content (AvgIpc) is 2.66. The lowest BCUT2D eigenvalue weighted by atomic mass is 10.1. The van der Waals surface area contributed by atoms with Crippen LogP contribution < -0.4 is 20.3 Å². The van der Waals surface area contributed by atoms with Crippen LogP contribution in [0.2, 0.25) is 0 Å². The van der Waals surface area contributed by atoms with E-state index in [4.69, 9.17) is 4.74 Å². The Morgan fingerprint density at radius 3 is 2.22 bits per heavy atom. The highest BCUT2D eigenvalue weighted by molar-refractivity contribution is 5.94. The molecule has 0 aliphatic rings. The van der Waals surface area contributed by atoms with Gasteiger partial charge < -0.3 is 20.3 Å². The Morgan fingerprint density at radius 1 is 0.926 bits per heavy atom. The van der Waals surface area contributed by atoms with Crippen molar-refractivity contribution in [2.45, 2.75) is 13.8 Å². The van der Waals surface area contributed by atoms with Crippen molar-refractivity contribution in [3.63, 3.8) is 0 Å². The molecule has 2 aromatic rings. The fourth-order valence-corrected chi connectivity index (χ4v) is 2.39. The maximum Gasteiger partial charge on any atom is 0.258 e. The second-order valence-electron chi connectivity index (χ2n) is 6.58. The van der Waals surface area contributed by atoms with Crippen molar-refractivity contribution in [1.82, 2.24) is 10.6 Å². The molecule has 0 fully saturated rings. The summed E-state index contributed by atoms with van der Waals surface area (Å²) in [5.74, 6) is 0.279. The number of ether oxygens (including phenoxy) is 1. The summed E-state index contributed by atoms with van der Waals surface area (Å²) in [4.78, 5) is 25.9. The van der Waals surface area contributed by atoms with Crippen LogP contribution in [-0.4, -0.2) is 45.6 Å². The summed E-state index contributed by atoms with van der Waals surface area (Å²) in [6.45, 7) is 4.67. The number of nitrogens with zero attached hydrogens (tertiary/aromatic N) is 1. The van der Waals surface area contributed by atoms with Crippen molar-refractivity contribution in [3.05, 3.63) is 59.2 Å². The minimum absolute atomic E-state index is 0.0531. The zero-order valence-corrected chi connectivity index (χ0v) is 16.3. The maximum absolute atomic E-state index is 12.1. The van der Waals surface area contributed by atoms with Gasteiger partial charge in [0.25, 0.3) is 11.8 Å². The van der Waals surface area contributed by atoms with Crippen molar-refractivity contribution in [2.75, 3.05) is 38.7 Å². The van der Waals surface area contributed by atoms with Gasteiger partial charge in [-0.1, -0.05) is 6.07 Å². The van der Waals surface area contributed by atoms with Crippen molar-refractivity contribution < 1.29 is 14.3 Å². The van der Waals surface area contributed by atoms with Crippen LogP contribution in [0.3, 0.4) is 0 Å². The highest BCUT2D eigenvalue weighted by atomic mass is 16.5. The summed E-state index contributed by atoms with van der Waals surface area (Å²) in [7, 11) is 3.89. The second kappa shape index (κ2) is 9.62. The summed E-state index contributed by atoms with van der Waals surface area (Å²) in [6.07, 6.45) is 0. The van der Waals surface area contributed by atoms with E-state index in [0.29, 0.717) is 24.4 Å². The molecule has 0 saturated carbocycles. The number of hydrogen-bond donors (Lipinski definition) is 2. The predicted octanol–water partition coefficient (Wildman–Crippen LogP) is 2.29. The number of carbonyl (C=O) groups is 2. The number of aryl methyl sites for hydroxylation is 2. The molecule has 144 valence electrons. The molecule has 0 radical (unpaired) electrons. The average molecular weight is 369 g/mol. The highest BCUT2D eigenvalue weighted by Gasteiger charge is 2.07. The minimum Gasteiger partial charge on any atom is -0.484 e. The Morgan fingerprint density at radius 2 is 1.59 bits per heavy atom. The van der Waals surface area contributed by atoms with Gasteiger partial charge in [-0.25, -0.2) is 0 Å². The molecule has 2 N–H and O–H groups in total. The van der Waals surface area contributed by atoms with Crippen LogP contribution in [0.15, 0.2) is 42.5 Å². The summed E-state index contributed by atoms with van der Waals surface area (Å²) in [6, 6.07) is 13.0. The van der Waals surface area contributed by atoms with Gasteiger partial charge >= 0.3 is 0 Å². The fourth-order valence-electron chi connectivity index (χ4n) is 2.39. The van der Waals surface area contributed by atoms with Gasteiger partial charge in [0.05, 0.1) is 0 Å². The van der Waals surface area contributed by atoms with Crippen molar-refractivity contribution in [1.29, 1.82) is 0 Å². The molecule has 2 rings (SSSR count). The second-order valence-corrected chi connectivity index (χ2v) is 6.58. The van der Waals surface area contributed by atoms with E-state index in [1.807, 2.05) is 63.2 Å². The van der Waals surface area contributed by atoms with E-state index in [0.717, 1.165) is 11.3 Å². The molecule has 0 atom stereocenters. The maximum atomic E-state index is 12.1. The third-order valence-corrected chi connectivity index (χ3v) is 4.23. The number of hydrogen-bond acceptors (Lipinski definition) is 4. The van der Waals surface area contributed by atoms with E-state index in [9.17, 15) is 9.59 Å². The fraction of sp³-hybridized carbons (Fsp3) is 0.333. The minimum atomic E-state index is -0.224. The molecule has 0 aromatic heterocycles. The van der Waals surface area contributed by atoms with Gasteiger partial charge in [0.15, 0.2) is 6.61 Å². The van der Waals surface area contributed by atoms with Crippen LogP contribution in [0.1, 0.15) is 21.5 Å². The van der Waals surface area contributed by atoms with Crippen LogP contribution in [-0.2, 0) is 4.79 Å². The van der Waals surface area contributed by atoms with Crippen molar-refractivity contribution in [2.24, 2.45) is 0 Å². The molecule has 0 bridgehead atoms. The van der Waals surface area contributed by atoms with Crippen LogP contribution in [0, 0.1) is 13.8 Å². The lowest BCUT2D eigenvalue weighted by Gasteiger charge is -2.13. The molecule has 0 heterocycles. The van der Waals surface area contributed by atoms with Crippen LogP contribution in [0.25, 0.3) is 0 Å². The van der Waals surface area contributed by atoms with Gasteiger partial charge in [0, 0.05) is 38.4 Å². The Kier molecular flexibility index (Phi) is 7.23. The quantitative estimate of drug-likeness (QED) is 0.701. The molecule has 27 heavy (non-hydrogen) atoms. The Labute approximate surface area is 160 Å². The lowest BCUT2D eigenvalue weighted by molar-refractivity contribution is -0.123. The van der Waals surface area contributed by atoms with E-state index in [1.54, 1.807) is 12.1 Å². The van der Waals surface area contributed by atoms with Crippen molar-refractivity contribution >= 4 is 17.5 Å². The van der Waals surface area contributed by atoms with Crippen LogP contribution in [0.5, 0.6) is 5.75 Å². The molecule has 2 aromatic carbocycles. The molecule has 0 aliphatic heterocycles. The molecule has 0 unspecified atom stereocenters. The predicted molar refractivity (Wildman–Crippen MR) is 108 cm³/mol. The van der Waals surface area contributed by atoms with Crippen LogP contribution in [0.4, 0.5) is 5.69 Å². The highest BCUT2D eigenvalue weighted by Crippen LogP contribution is 2.16. The van der Waals surface area contributed by atoms with E-state index in [1.165, 1.54) is 5.56 Å². The van der Waals surface area contributed by atoms with E-state index >= 15 is 0 Å². The Hall–Kier alpha value is -3.02. The number of amides is 2. The molecule has 6 heteroatoms. The number of benzene rings is 2. The molecule has 6 nitrogen and oxygen atoms in total. The van der Waals surface area contributed by atoms with Gasteiger partial charge in [0.1, 0.15) is 5.75 Å². The molecule has 0 spiro atoms. The first-order chi connectivity index (χ1) is 12.9. The Balaban J connectivity index is 1.67. The number of rotatable bonds is 8. The number of nitrogens with one attached hydrogen (secondary N) is 2. The third-order valence-electron chi connectivity index (χ3n) is 4.23. The van der Waals surface area contributed by atoms with E-state index < -0.39 is 0 Å². The van der Waals surface area contributed by atoms with Gasteiger partial charge in [-0.15, -0.1) is 0 Å². The molecule has 2 amide bonds. The summed E-state index contributed by atoms with van der Waals surface area (Å²) in [5.41, 5.74) is 3.92. The van der Waals surface area contributed by atoms with Gasteiger partial charge in [0.2, 0.25) is 0 Å². The largest absolute Gasteiger partial charge is 0.484 e. The molecule has 0 aliphatic carbocycles. The van der Waals surface area contributed by atoms with E-state index in [2.05, 4.69) is 10.6 Å². The van der Waals surface area contributed by atoms with Gasteiger partial charge in [-0.05, 0) is 61.4 Å². The molecule has 0 saturated heterocycles. The zero-order chi connectivity index (χ0) is 19.8. The number of anilines is 1. The third kappa shape index (κ3) is 6.33. The van der Waals surface area contributed by atoms with Crippen molar-refractivity contribution in [3.8, 4) is 5.75 Å². The van der Waals surface area contributed by atoms with Gasteiger partial charge in [-0.2, -0.15) is 0 Å². The van der Waals surface area contributed by atoms with Crippen LogP contribution >= 0.6 is 0 Å². The number of carbonyl (C=O) groups excluding carboxylic acids is 2. The molecular weight excluding hydrogens is 342 g/mol. The standard InChI is InChI=1S/C21H27N3O3/c1-15-5-10-19(13-16(15)2)27-14-20(25)22-11-12-23-21(26)17-6-8-18(9-7-17)24(3)4/h5-10,13H,11-12,14H2,1-4H3,(H,22,25)(H,23,26). The topological polar surface area (TPSA) is 70.7 Å². The summed E-state index contributed by atoms with van der Waals surface area (Å²) >= 11 is 0. The van der Waals surface area contributed by atoms with E-state index in [-0.39, 0.29) is 18.4 Å². The Bertz CT molecular complexity index is 786. The molecular formula is C21H27N3O3. The summed E-state index contributed by atoms with van der Waals surface area (Å²) in [5, 5.41) is 5.51. The first-order valence-corrected chi connectivity index (χ1v) is 8.89. The normalized spacial score (nSPS) is 10.2. The summed E-state index contributed by atoms with van der Waals surface area (Å²) < 4.78 is 5.48. The van der Waals surface area contributed by atoms with Gasteiger partial charge in [-0.3, -0.25) is 9.59 Å².